The molecule has 0 fully saturated rings. The van der Waals surface area contributed by atoms with Crippen molar-refractivity contribution in [2.24, 2.45) is 4.99 Å². The van der Waals surface area contributed by atoms with Gasteiger partial charge < -0.3 is 10.6 Å². The van der Waals surface area contributed by atoms with E-state index in [4.69, 9.17) is 6.42 Å². The molecule has 3 heteroatoms. The van der Waals surface area contributed by atoms with Gasteiger partial charge in [-0.15, -0.1) is 6.42 Å². The minimum Gasteiger partial charge on any atom is -0.356 e. The van der Waals surface area contributed by atoms with Gasteiger partial charge in [-0.05, 0) is 32.1 Å². The Morgan fingerprint density at radius 3 is 3.00 bits per heavy atom. The van der Waals surface area contributed by atoms with Crippen LogP contribution >= 0.6 is 0 Å². The molecule has 0 heterocycles. The summed E-state index contributed by atoms with van der Waals surface area (Å²) >= 11 is 0. The molecular weight excluding hydrogens is 198 g/mol. The molecule has 0 aromatic carbocycles. The molecular formula is C13H21N3. The van der Waals surface area contributed by atoms with Gasteiger partial charge in [0, 0.05) is 13.6 Å². The lowest BCUT2D eigenvalue weighted by Crippen LogP contribution is -2.38. The van der Waals surface area contributed by atoms with Crippen molar-refractivity contribution in [3.8, 4) is 12.3 Å². The first kappa shape index (κ1) is 12.6. The van der Waals surface area contributed by atoms with Gasteiger partial charge in [-0.1, -0.05) is 17.6 Å². The molecule has 1 aliphatic rings. The summed E-state index contributed by atoms with van der Waals surface area (Å²) in [5.41, 5.74) is 1.58. The summed E-state index contributed by atoms with van der Waals surface area (Å²) in [4.78, 5) is 4.09. The molecule has 0 radical (unpaired) electrons. The molecule has 1 rings (SSSR count). The second kappa shape index (κ2) is 7.81. The molecule has 0 saturated carbocycles. The summed E-state index contributed by atoms with van der Waals surface area (Å²) in [6.07, 6.45) is 13.9. The van der Waals surface area contributed by atoms with Gasteiger partial charge in [0.2, 0.25) is 0 Å². The molecule has 2 N–H and O–H groups in total. The van der Waals surface area contributed by atoms with Crippen molar-refractivity contribution in [3.63, 3.8) is 0 Å². The van der Waals surface area contributed by atoms with Crippen molar-refractivity contribution in [2.75, 3.05) is 20.1 Å². The van der Waals surface area contributed by atoms with Gasteiger partial charge in [0.15, 0.2) is 5.96 Å². The van der Waals surface area contributed by atoms with E-state index in [2.05, 4.69) is 27.6 Å². The summed E-state index contributed by atoms with van der Waals surface area (Å²) in [7, 11) is 1.76. The maximum absolute atomic E-state index is 5.17. The molecule has 0 spiro atoms. The van der Waals surface area contributed by atoms with E-state index in [-0.39, 0.29) is 0 Å². The van der Waals surface area contributed by atoms with E-state index in [9.17, 15) is 0 Å². The standard InChI is InChI=1S/C13H21N3/c1-3-10-15-13(14-2)16-11-9-12-7-5-4-6-8-12/h1,7H,4-6,8-11H2,2H3,(H2,14,15,16). The molecule has 16 heavy (non-hydrogen) atoms. The minimum absolute atomic E-state index is 0.516. The van der Waals surface area contributed by atoms with Gasteiger partial charge >= 0.3 is 0 Å². The third kappa shape index (κ3) is 4.88. The Hall–Kier alpha value is -1.43. The molecule has 0 amide bonds. The van der Waals surface area contributed by atoms with Gasteiger partial charge in [0.05, 0.1) is 6.54 Å². The van der Waals surface area contributed by atoms with Gasteiger partial charge in [-0.2, -0.15) is 0 Å². The largest absolute Gasteiger partial charge is 0.356 e. The number of allylic oxidation sites excluding steroid dienone is 1. The van der Waals surface area contributed by atoms with Crippen LogP contribution in [-0.4, -0.2) is 26.1 Å². The Bertz CT molecular complexity index is 297. The van der Waals surface area contributed by atoms with Gasteiger partial charge in [-0.3, -0.25) is 4.99 Å². The zero-order valence-corrected chi connectivity index (χ0v) is 10.1. The van der Waals surface area contributed by atoms with Crippen molar-refractivity contribution in [2.45, 2.75) is 32.1 Å². The summed E-state index contributed by atoms with van der Waals surface area (Å²) in [6.45, 7) is 1.44. The average molecular weight is 219 g/mol. The second-order valence-corrected chi connectivity index (χ2v) is 3.91. The summed E-state index contributed by atoms with van der Waals surface area (Å²) < 4.78 is 0. The molecule has 0 unspecified atom stereocenters. The molecule has 0 aromatic heterocycles. The highest BCUT2D eigenvalue weighted by Gasteiger charge is 2.03. The maximum Gasteiger partial charge on any atom is 0.191 e. The number of guanidine groups is 1. The Labute approximate surface area is 98.4 Å². The van der Waals surface area contributed by atoms with Gasteiger partial charge in [-0.25, -0.2) is 0 Å². The topological polar surface area (TPSA) is 36.4 Å². The Balaban J connectivity index is 2.18. The van der Waals surface area contributed by atoms with Crippen LogP contribution in [0.3, 0.4) is 0 Å². The third-order valence-electron chi connectivity index (χ3n) is 2.71. The van der Waals surface area contributed by atoms with Crippen molar-refractivity contribution < 1.29 is 0 Å². The van der Waals surface area contributed by atoms with E-state index in [1.807, 2.05) is 0 Å². The molecule has 0 bridgehead atoms. The molecule has 3 nitrogen and oxygen atoms in total. The van der Waals surface area contributed by atoms with Crippen LogP contribution in [0.1, 0.15) is 32.1 Å². The van der Waals surface area contributed by atoms with E-state index < -0.39 is 0 Å². The fourth-order valence-corrected chi connectivity index (χ4v) is 1.83. The molecule has 1 aliphatic carbocycles. The van der Waals surface area contributed by atoms with E-state index >= 15 is 0 Å². The molecule has 0 saturated heterocycles. The fourth-order valence-electron chi connectivity index (χ4n) is 1.83. The molecule has 0 atom stereocenters. The predicted octanol–water partition coefficient (Wildman–Crippen LogP) is 1.68. The third-order valence-corrected chi connectivity index (χ3v) is 2.71. The first-order valence-corrected chi connectivity index (χ1v) is 5.92. The maximum atomic E-state index is 5.17. The van der Waals surface area contributed by atoms with Crippen LogP contribution in [-0.2, 0) is 0 Å². The van der Waals surface area contributed by atoms with E-state index in [0.717, 1.165) is 18.9 Å². The summed E-state index contributed by atoms with van der Waals surface area (Å²) in [5.74, 6) is 3.32. The highest BCUT2D eigenvalue weighted by atomic mass is 15.2. The van der Waals surface area contributed by atoms with Crippen LogP contribution in [0.15, 0.2) is 16.6 Å². The lowest BCUT2D eigenvalue weighted by atomic mass is 9.97. The molecule has 88 valence electrons. The SMILES string of the molecule is C#CCNC(=NC)NCCC1=CCCCC1. The molecule has 0 aliphatic heterocycles. The first-order chi connectivity index (χ1) is 7.86. The second-order valence-electron chi connectivity index (χ2n) is 3.91. The van der Waals surface area contributed by atoms with Crippen molar-refractivity contribution >= 4 is 5.96 Å². The number of terminal acetylenes is 1. The lowest BCUT2D eigenvalue weighted by Gasteiger charge is -2.14. The predicted molar refractivity (Wildman–Crippen MR) is 69.4 cm³/mol. The number of hydrogen-bond donors (Lipinski definition) is 2. The van der Waals surface area contributed by atoms with E-state index in [1.165, 1.54) is 25.7 Å². The summed E-state index contributed by atoms with van der Waals surface area (Å²) in [5, 5.41) is 6.29. The average Bonchev–Trinajstić information content (AvgIpc) is 2.35. The summed E-state index contributed by atoms with van der Waals surface area (Å²) in [6, 6.07) is 0. The smallest absolute Gasteiger partial charge is 0.191 e. The first-order valence-electron chi connectivity index (χ1n) is 5.92. The quantitative estimate of drug-likeness (QED) is 0.327. The van der Waals surface area contributed by atoms with Crippen LogP contribution in [0.25, 0.3) is 0 Å². The minimum atomic E-state index is 0.516. The number of nitrogens with zero attached hydrogens (tertiary/aromatic N) is 1. The lowest BCUT2D eigenvalue weighted by molar-refractivity contribution is 0.666. The number of hydrogen-bond acceptors (Lipinski definition) is 1. The zero-order chi connectivity index (χ0) is 11.6. The van der Waals surface area contributed by atoms with Crippen LogP contribution in [0, 0.1) is 12.3 Å². The van der Waals surface area contributed by atoms with Crippen molar-refractivity contribution in [1.29, 1.82) is 0 Å². The Morgan fingerprint density at radius 1 is 1.50 bits per heavy atom. The van der Waals surface area contributed by atoms with Gasteiger partial charge in [0.25, 0.3) is 0 Å². The monoisotopic (exact) mass is 219 g/mol. The van der Waals surface area contributed by atoms with Crippen LogP contribution < -0.4 is 10.6 Å². The van der Waals surface area contributed by atoms with Crippen molar-refractivity contribution in [1.82, 2.24) is 10.6 Å². The van der Waals surface area contributed by atoms with Crippen LogP contribution in [0.2, 0.25) is 0 Å². The van der Waals surface area contributed by atoms with E-state index in [0.29, 0.717) is 6.54 Å². The van der Waals surface area contributed by atoms with Gasteiger partial charge in [0.1, 0.15) is 0 Å². The van der Waals surface area contributed by atoms with Crippen LogP contribution in [0.4, 0.5) is 0 Å². The van der Waals surface area contributed by atoms with E-state index in [1.54, 1.807) is 12.6 Å². The number of rotatable bonds is 4. The normalized spacial score (nSPS) is 16.2. The Morgan fingerprint density at radius 2 is 2.38 bits per heavy atom. The number of nitrogens with one attached hydrogen (secondary N) is 2. The van der Waals surface area contributed by atoms with Crippen molar-refractivity contribution in [3.05, 3.63) is 11.6 Å². The van der Waals surface area contributed by atoms with Crippen LogP contribution in [0.5, 0.6) is 0 Å². The number of aliphatic imine (C=N–C) groups is 1. The zero-order valence-electron chi connectivity index (χ0n) is 10.1. The fraction of sp³-hybridized carbons (Fsp3) is 0.615. The Kier molecular flexibility index (Phi) is 6.17. The molecule has 0 aromatic rings. The highest BCUT2D eigenvalue weighted by molar-refractivity contribution is 5.79. The highest BCUT2D eigenvalue weighted by Crippen LogP contribution is 2.19.